The predicted molar refractivity (Wildman–Crippen MR) is 61.0 cm³/mol. The van der Waals surface area contributed by atoms with Crippen LogP contribution in [0.25, 0.3) is 0 Å². The van der Waals surface area contributed by atoms with E-state index >= 15 is 0 Å². The molecule has 0 saturated heterocycles. The van der Waals surface area contributed by atoms with E-state index in [-0.39, 0.29) is 0 Å². The summed E-state index contributed by atoms with van der Waals surface area (Å²) < 4.78 is 4.87. The lowest BCUT2D eigenvalue weighted by atomic mass is 10.0. The maximum absolute atomic E-state index is 11.5. The molecule has 0 aliphatic heterocycles. The second-order valence-corrected chi connectivity index (χ2v) is 3.36. The Morgan fingerprint density at radius 2 is 2.18 bits per heavy atom. The second kappa shape index (κ2) is 6.30. The largest absolute Gasteiger partial charge is 0.462 e. The number of nitrogens with zero attached hydrogens (tertiary/aromatic N) is 2. The van der Waals surface area contributed by atoms with Gasteiger partial charge in [-0.05, 0) is 37.1 Å². The van der Waals surface area contributed by atoms with Crippen LogP contribution >= 0.6 is 0 Å². The van der Waals surface area contributed by atoms with E-state index in [0.29, 0.717) is 36.1 Å². The van der Waals surface area contributed by atoms with Crippen LogP contribution < -0.4 is 0 Å². The molecule has 0 fully saturated rings. The van der Waals surface area contributed by atoms with Gasteiger partial charge in [-0.2, -0.15) is 10.5 Å². The number of carbonyl (C=O) groups excluding carboxylic acids is 1. The summed E-state index contributed by atoms with van der Waals surface area (Å²) in [6.45, 7) is 2.05. The normalized spacial score (nSPS) is 9.12. The summed E-state index contributed by atoms with van der Waals surface area (Å²) in [7, 11) is 0. The van der Waals surface area contributed by atoms with Gasteiger partial charge in [-0.15, -0.1) is 0 Å². The minimum absolute atomic E-state index is 0.312. The molecule has 0 bridgehead atoms. The van der Waals surface area contributed by atoms with E-state index in [1.54, 1.807) is 25.1 Å². The van der Waals surface area contributed by atoms with Crippen LogP contribution in [0.3, 0.4) is 0 Å². The number of hydrogen-bond acceptors (Lipinski definition) is 4. The average molecular weight is 228 g/mol. The predicted octanol–water partition coefficient (Wildman–Crippen LogP) is 2.19. The highest BCUT2D eigenvalue weighted by Gasteiger charge is 2.10. The Hall–Kier alpha value is -2.33. The fraction of sp³-hybridized carbons (Fsp3) is 0.308. The molecule has 0 aliphatic carbocycles. The van der Waals surface area contributed by atoms with E-state index in [0.717, 1.165) is 0 Å². The molecular formula is C13H12N2O2. The van der Waals surface area contributed by atoms with Gasteiger partial charge in [-0.25, -0.2) is 4.79 Å². The number of nitriles is 2. The number of carbonyl (C=O) groups is 1. The first-order valence-corrected chi connectivity index (χ1v) is 5.30. The lowest BCUT2D eigenvalue weighted by Gasteiger charge is -2.05. The maximum Gasteiger partial charge on any atom is 0.338 e. The van der Waals surface area contributed by atoms with Crippen molar-refractivity contribution in [3.05, 3.63) is 34.9 Å². The minimum Gasteiger partial charge on any atom is -0.462 e. The Balaban J connectivity index is 3.01. The van der Waals surface area contributed by atoms with Gasteiger partial charge in [0.2, 0.25) is 0 Å². The van der Waals surface area contributed by atoms with Crippen LogP contribution in [-0.2, 0) is 11.2 Å². The molecule has 4 heteroatoms. The minimum atomic E-state index is -0.407. The Kier molecular flexibility index (Phi) is 4.72. The molecule has 0 heterocycles. The van der Waals surface area contributed by atoms with E-state index < -0.39 is 5.97 Å². The molecule has 0 spiro atoms. The van der Waals surface area contributed by atoms with Crippen LogP contribution in [0.5, 0.6) is 0 Å². The number of benzene rings is 1. The van der Waals surface area contributed by atoms with Crippen molar-refractivity contribution in [1.82, 2.24) is 0 Å². The zero-order valence-corrected chi connectivity index (χ0v) is 9.56. The molecule has 0 aromatic heterocycles. The van der Waals surface area contributed by atoms with E-state index in [9.17, 15) is 4.79 Å². The van der Waals surface area contributed by atoms with Gasteiger partial charge in [-0.1, -0.05) is 0 Å². The van der Waals surface area contributed by atoms with Gasteiger partial charge in [0.1, 0.15) is 0 Å². The molecule has 0 N–H and O–H groups in total. The van der Waals surface area contributed by atoms with E-state index in [1.165, 1.54) is 0 Å². The molecule has 0 atom stereocenters. The highest BCUT2D eigenvalue weighted by atomic mass is 16.5. The third-order valence-corrected chi connectivity index (χ3v) is 2.24. The van der Waals surface area contributed by atoms with Gasteiger partial charge in [-0.3, -0.25) is 0 Å². The topological polar surface area (TPSA) is 73.9 Å². The summed E-state index contributed by atoms with van der Waals surface area (Å²) in [5, 5.41) is 17.4. The molecule has 1 aromatic carbocycles. The van der Waals surface area contributed by atoms with Crippen molar-refractivity contribution in [1.29, 1.82) is 10.5 Å². The Labute approximate surface area is 100 Å². The van der Waals surface area contributed by atoms with Gasteiger partial charge in [0.05, 0.1) is 29.9 Å². The molecule has 17 heavy (non-hydrogen) atoms. The number of esters is 1. The van der Waals surface area contributed by atoms with Gasteiger partial charge < -0.3 is 4.74 Å². The number of rotatable bonds is 4. The standard InChI is InChI=1S/C13H12N2O2/c1-2-17-13(16)11-5-6-12(9-15)10(8-11)4-3-7-14/h5-6,8H,2-4H2,1H3. The quantitative estimate of drug-likeness (QED) is 0.740. The van der Waals surface area contributed by atoms with Crippen molar-refractivity contribution in [2.75, 3.05) is 6.61 Å². The lowest BCUT2D eigenvalue weighted by molar-refractivity contribution is 0.0526. The molecule has 0 amide bonds. The van der Waals surface area contributed by atoms with E-state index in [2.05, 4.69) is 0 Å². The molecule has 1 rings (SSSR count). The smallest absolute Gasteiger partial charge is 0.338 e. The van der Waals surface area contributed by atoms with Crippen LogP contribution in [0.4, 0.5) is 0 Å². The van der Waals surface area contributed by atoms with Gasteiger partial charge in [0.15, 0.2) is 0 Å². The lowest BCUT2D eigenvalue weighted by Crippen LogP contribution is -2.05. The molecular weight excluding hydrogens is 216 g/mol. The summed E-state index contributed by atoms with van der Waals surface area (Å²) in [6.07, 6.45) is 0.785. The van der Waals surface area contributed by atoms with Crippen LogP contribution in [0.15, 0.2) is 18.2 Å². The van der Waals surface area contributed by atoms with Crippen molar-refractivity contribution in [3.8, 4) is 12.1 Å². The van der Waals surface area contributed by atoms with Gasteiger partial charge >= 0.3 is 5.97 Å². The molecule has 4 nitrogen and oxygen atoms in total. The van der Waals surface area contributed by atoms with Gasteiger partial charge in [0.25, 0.3) is 0 Å². The highest BCUT2D eigenvalue weighted by Crippen LogP contribution is 2.14. The van der Waals surface area contributed by atoms with Crippen molar-refractivity contribution in [2.24, 2.45) is 0 Å². The third kappa shape index (κ3) is 3.32. The van der Waals surface area contributed by atoms with Gasteiger partial charge in [0, 0.05) is 6.42 Å². The van der Waals surface area contributed by atoms with Crippen LogP contribution in [0, 0.1) is 22.7 Å². The summed E-state index contributed by atoms with van der Waals surface area (Å²) in [4.78, 5) is 11.5. The summed E-state index contributed by atoms with van der Waals surface area (Å²) in [6, 6.07) is 8.82. The molecule has 0 unspecified atom stereocenters. The number of aryl methyl sites for hydroxylation is 1. The van der Waals surface area contributed by atoms with Crippen LogP contribution in [0.1, 0.15) is 34.8 Å². The summed E-state index contributed by atoms with van der Waals surface area (Å²) in [5.41, 5.74) is 1.62. The Bertz CT molecular complexity index is 495. The molecule has 86 valence electrons. The third-order valence-electron chi connectivity index (χ3n) is 2.24. The summed E-state index contributed by atoms with van der Waals surface area (Å²) in [5.74, 6) is -0.407. The number of ether oxygens (including phenoxy) is 1. The SMILES string of the molecule is CCOC(=O)c1ccc(C#N)c(CCC#N)c1. The zero-order valence-electron chi connectivity index (χ0n) is 9.56. The van der Waals surface area contributed by atoms with E-state index in [1.807, 2.05) is 12.1 Å². The number of hydrogen-bond donors (Lipinski definition) is 0. The monoisotopic (exact) mass is 228 g/mol. The van der Waals surface area contributed by atoms with Crippen molar-refractivity contribution in [3.63, 3.8) is 0 Å². The van der Waals surface area contributed by atoms with Crippen molar-refractivity contribution in [2.45, 2.75) is 19.8 Å². The van der Waals surface area contributed by atoms with Crippen molar-refractivity contribution >= 4 is 5.97 Å². The highest BCUT2D eigenvalue weighted by molar-refractivity contribution is 5.89. The molecule has 0 aliphatic rings. The first kappa shape index (κ1) is 12.7. The van der Waals surface area contributed by atoms with Crippen LogP contribution in [0.2, 0.25) is 0 Å². The molecule has 0 radical (unpaired) electrons. The Morgan fingerprint density at radius 1 is 1.41 bits per heavy atom. The fourth-order valence-electron chi connectivity index (χ4n) is 1.44. The molecule has 1 aromatic rings. The second-order valence-electron chi connectivity index (χ2n) is 3.36. The maximum atomic E-state index is 11.5. The van der Waals surface area contributed by atoms with Crippen molar-refractivity contribution < 1.29 is 9.53 Å². The Morgan fingerprint density at radius 3 is 2.76 bits per heavy atom. The van der Waals surface area contributed by atoms with E-state index in [4.69, 9.17) is 15.3 Å². The first-order valence-electron chi connectivity index (χ1n) is 5.30. The fourth-order valence-corrected chi connectivity index (χ4v) is 1.44. The summed E-state index contributed by atoms with van der Waals surface area (Å²) >= 11 is 0. The average Bonchev–Trinajstić information content (AvgIpc) is 2.36. The molecule has 0 saturated carbocycles. The zero-order chi connectivity index (χ0) is 12.7. The first-order chi connectivity index (χ1) is 8.22. The van der Waals surface area contributed by atoms with Crippen LogP contribution in [-0.4, -0.2) is 12.6 Å².